The van der Waals surface area contributed by atoms with Crippen LogP contribution < -0.4 is 9.47 Å². The van der Waals surface area contributed by atoms with Crippen molar-refractivity contribution in [3.05, 3.63) is 24.1 Å². The maximum Gasteiger partial charge on any atom is 0.306 e. The topological polar surface area (TPSA) is 104 Å². The van der Waals surface area contributed by atoms with Crippen molar-refractivity contribution in [3.8, 4) is 23.0 Å². The summed E-state index contributed by atoms with van der Waals surface area (Å²) in [6, 6.07) is 5.47. The quantitative estimate of drug-likeness (QED) is 0.680. The van der Waals surface area contributed by atoms with Crippen molar-refractivity contribution in [2.75, 3.05) is 26.5 Å². The average Bonchev–Trinajstić information content (AvgIpc) is 3.41. The summed E-state index contributed by atoms with van der Waals surface area (Å²) in [5.41, 5.74) is 0.756. The number of rotatable bonds is 6. The minimum atomic E-state index is -0.348. The molecule has 2 aliphatic rings. The Labute approximate surface area is 167 Å². The summed E-state index contributed by atoms with van der Waals surface area (Å²) in [5, 5.41) is 8.36. The van der Waals surface area contributed by atoms with Crippen LogP contribution in [-0.2, 0) is 14.3 Å². The summed E-state index contributed by atoms with van der Waals surface area (Å²) >= 11 is 0. The van der Waals surface area contributed by atoms with Crippen molar-refractivity contribution < 1.29 is 28.2 Å². The highest BCUT2D eigenvalue weighted by Gasteiger charge is 2.29. The Morgan fingerprint density at radius 3 is 2.93 bits per heavy atom. The fraction of sp³-hybridized carbons (Fsp3) is 0.500. The summed E-state index contributed by atoms with van der Waals surface area (Å²) in [4.78, 5) is 25.7. The number of benzene rings is 1. The molecule has 0 radical (unpaired) electrons. The Balaban J connectivity index is 1.39. The van der Waals surface area contributed by atoms with E-state index in [2.05, 4.69) is 10.2 Å². The second kappa shape index (κ2) is 8.50. The molecule has 0 N–H and O–H groups in total. The number of aromatic nitrogens is 2. The number of piperidine rings is 1. The highest BCUT2D eigenvalue weighted by Crippen LogP contribution is 2.36. The van der Waals surface area contributed by atoms with Gasteiger partial charge in [0.2, 0.25) is 24.5 Å². The Bertz CT molecular complexity index is 896. The van der Waals surface area contributed by atoms with Gasteiger partial charge in [-0.25, -0.2) is 0 Å². The van der Waals surface area contributed by atoms with Crippen LogP contribution in [0.2, 0.25) is 0 Å². The lowest BCUT2D eigenvalue weighted by molar-refractivity contribution is -0.146. The van der Waals surface area contributed by atoms with Gasteiger partial charge in [0.25, 0.3) is 0 Å². The summed E-state index contributed by atoms with van der Waals surface area (Å²) in [6.07, 6.45) is 1.96. The number of amides is 1. The van der Waals surface area contributed by atoms with Crippen LogP contribution in [0, 0.1) is 0 Å². The first-order chi connectivity index (χ1) is 14.1. The smallest absolute Gasteiger partial charge is 0.306 e. The van der Waals surface area contributed by atoms with E-state index in [-0.39, 0.29) is 37.4 Å². The molecule has 0 saturated carbocycles. The fourth-order valence-corrected chi connectivity index (χ4v) is 3.55. The van der Waals surface area contributed by atoms with E-state index < -0.39 is 0 Å². The zero-order chi connectivity index (χ0) is 20.2. The largest absolute Gasteiger partial charge is 0.466 e. The van der Waals surface area contributed by atoms with Gasteiger partial charge >= 0.3 is 5.97 Å². The normalized spacial score (nSPS) is 18.0. The van der Waals surface area contributed by atoms with E-state index in [0.717, 1.165) is 18.4 Å². The van der Waals surface area contributed by atoms with E-state index in [1.54, 1.807) is 11.8 Å². The van der Waals surface area contributed by atoms with Gasteiger partial charge in [-0.15, -0.1) is 10.2 Å². The van der Waals surface area contributed by atoms with Crippen LogP contribution in [-0.4, -0.2) is 53.5 Å². The van der Waals surface area contributed by atoms with Crippen LogP contribution in [0.5, 0.6) is 11.5 Å². The molecule has 29 heavy (non-hydrogen) atoms. The first-order valence-electron chi connectivity index (χ1n) is 9.81. The van der Waals surface area contributed by atoms with Gasteiger partial charge in [-0.1, -0.05) is 0 Å². The number of hydrogen-bond donors (Lipinski definition) is 0. The number of fused-ring (bicyclic) bond motifs is 1. The highest BCUT2D eigenvalue weighted by atomic mass is 16.7. The lowest BCUT2D eigenvalue weighted by Gasteiger charge is -2.31. The summed E-state index contributed by atoms with van der Waals surface area (Å²) in [6.45, 7) is 3.45. The molecule has 9 heteroatoms. The lowest BCUT2D eigenvalue weighted by Crippen LogP contribution is -2.39. The Kier molecular flexibility index (Phi) is 5.64. The van der Waals surface area contributed by atoms with Crippen LogP contribution in [0.15, 0.2) is 22.6 Å². The van der Waals surface area contributed by atoms with Crippen LogP contribution >= 0.6 is 0 Å². The number of ether oxygens (including phenoxy) is 3. The average molecular weight is 401 g/mol. The predicted molar refractivity (Wildman–Crippen MR) is 100 cm³/mol. The van der Waals surface area contributed by atoms with Gasteiger partial charge in [-0.2, -0.15) is 0 Å². The van der Waals surface area contributed by atoms with E-state index in [0.29, 0.717) is 43.0 Å². The molecule has 1 aromatic carbocycles. The molecular weight excluding hydrogens is 378 g/mol. The minimum Gasteiger partial charge on any atom is -0.466 e. The zero-order valence-corrected chi connectivity index (χ0v) is 16.3. The predicted octanol–water partition coefficient (Wildman–Crippen LogP) is 2.51. The number of carbonyl (C=O) groups is 2. The van der Waals surface area contributed by atoms with Crippen molar-refractivity contribution in [1.82, 2.24) is 15.1 Å². The molecule has 154 valence electrons. The van der Waals surface area contributed by atoms with Crippen LogP contribution in [0.25, 0.3) is 11.5 Å². The first-order valence-corrected chi connectivity index (χ1v) is 9.81. The highest BCUT2D eigenvalue weighted by molar-refractivity contribution is 5.81. The molecular formula is C20H23N3O6. The molecule has 1 aromatic heterocycles. The summed E-state index contributed by atoms with van der Waals surface area (Å²) < 4.78 is 21.5. The van der Waals surface area contributed by atoms with Gasteiger partial charge in [0.05, 0.1) is 18.9 Å². The third-order valence-electron chi connectivity index (χ3n) is 5.03. The Morgan fingerprint density at radius 1 is 1.21 bits per heavy atom. The fourth-order valence-electron chi connectivity index (χ4n) is 3.55. The van der Waals surface area contributed by atoms with Crippen molar-refractivity contribution in [2.45, 2.75) is 38.5 Å². The maximum absolute atomic E-state index is 12.4. The van der Waals surface area contributed by atoms with Gasteiger partial charge in [0.15, 0.2) is 11.5 Å². The summed E-state index contributed by atoms with van der Waals surface area (Å²) in [5.74, 6) is 1.84. The molecule has 9 nitrogen and oxygen atoms in total. The molecule has 1 saturated heterocycles. The number of nitrogens with zero attached hydrogens (tertiary/aromatic N) is 3. The number of hydrogen-bond acceptors (Lipinski definition) is 8. The maximum atomic E-state index is 12.4. The van der Waals surface area contributed by atoms with Gasteiger partial charge < -0.3 is 23.5 Å². The van der Waals surface area contributed by atoms with E-state index in [1.807, 2.05) is 18.2 Å². The standard InChI is InChI=1S/C20H23N3O6/c1-2-26-18(25)8-7-17(24)23-9-3-4-14(11-23)20-22-21-19(29-20)13-5-6-15-16(10-13)28-12-27-15/h5-6,10,14H,2-4,7-9,11-12H2,1H3/t14-/m0/s1. The number of esters is 1. The van der Waals surface area contributed by atoms with Crippen molar-refractivity contribution in [1.29, 1.82) is 0 Å². The molecule has 2 aliphatic heterocycles. The second-order valence-electron chi connectivity index (χ2n) is 7.00. The van der Waals surface area contributed by atoms with Crippen LogP contribution in [0.4, 0.5) is 0 Å². The van der Waals surface area contributed by atoms with E-state index in [4.69, 9.17) is 18.6 Å². The van der Waals surface area contributed by atoms with Crippen molar-refractivity contribution >= 4 is 11.9 Å². The molecule has 3 heterocycles. The molecule has 0 unspecified atom stereocenters. The van der Waals surface area contributed by atoms with Gasteiger partial charge in [-0.3, -0.25) is 9.59 Å². The van der Waals surface area contributed by atoms with Crippen molar-refractivity contribution in [2.24, 2.45) is 0 Å². The van der Waals surface area contributed by atoms with Crippen LogP contribution in [0.1, 0.15) is 44.4 Å². The number of likely N-dealkylation sites (tertiary alicyclic amines) is 1. The molecule has 4 rings (SSSR count). The molecule has 0 spiro atoms. The third-order valence-corrected chi connectivity index (χ3v) is 5.03. The first kappa shape index (κ1) is 19.2. The Morgan fingerprint density at radius 2 is 2.07 bits per heavy atom. The monoisotopic (exact) mass is 401 g/mol. The minimum absolute atomic E-state index is 0.0226. The second-order valence-corrected chi connectivity index (χ2v) is 7.00. The van der Waals surface area contributed by atoms with Gasteiger partial charge in [0.1, 0.15) is 0 Å². The lowest BCUT2D eigenvalue weighted by atomic mass is 9.97. The van der Waals surface area contributed by atoms with Gasteiger partial charge in [-0.05, 0) is 38.0 Å². The number of carbonyl (C=O) groups excluding carboxylic acids is 2. The van der Waals surface area contributed by atoms with E-state index in [1.165, 1.54) is 0 Å². The van der Waals surface area contributed by atoms with Crippen molar-refractivity contribution in [3.63, 3.8) is 0 Å². The molecule has 0 aliphatic carbocycles. The van der Waals surface area contributed by atoms with E-state index in [9.17, 15) is 9.59 Å². The van der Waals surface area contributed by atoms with Gasteiger partial charge in [0, 0.05) is 25.1 Å². The molecule has 1 fully saturated rings. The van der Waals surface area contributed by atoms with Crippen LogP contribution in [0.3, 0.4) is 0 Å². The molecule has 2 aromatic rings. The Hall–Kier alpha value is -3.10. The molecule has 1 atom stereocenters. The zero-order valence-electron chi connectivity index (χ0n) is 16.3. The molecule has 1 amide bonds. The summed E-state index contributed by atoms with van der Waals surface area (Å²) in [7, 11) is 0. The van der Waals surface area contributed by atoms with E-state index >= 15 is 0 Å². The molecule has 0 bridgehead atoms. The third kappa shape index (κ3) is 4.33. The SMILES string of the molecule is CCOC(=O)CCC(=O)N1CCC[C@H](c2nnc(-c3ccc4c(c3)OCO4)o2)C1.